The van der Waals surface area contributed by atoms with E-state index >= 15 is 0 Å². The molecular formula is C32H49NO6Si. The molecule has 40 heavy (non-hydrogen) atoms. The molecule has 0 bridgehead atoms. The van der Waals surface area contributed by atoms with Gasteiger partial charge in [-0.25, -0.2) is 9.59 Å². The molecule has 1 N–H and O–H groups in total. The minimum atomic E-state index is -2.25. The zero-order valence-electron chi connectivity index (χ0n) is 25.7. The quantitative estimate of drug-likeness (QED) is 0.187. The topological polar surface area (TPSA) is 83.1 Å². The summed E-state index contributed by atoms with van der Waals surface area (Å²) in [5.41, 5.74) is 1.84. The third-order valence-corrected chi connectivity index (χ3v) is 13.1. The van der Waals surface area contributed by atoms with Crippen LogP contribution in [0.5, 0.6) is 0 Å². The molecule has 0 saturated heterocycles. The van der Waals surface area contributed by atoms with E-state index < -0.39 is 38.1 Å². The number of rotatable bonds is 14. The molecule has 2 aromatic rings. The van der Waals surface area contributed by atoms with Gasteiger partial charge in [-0.3, -0.25) is 0 Å². The second-order valence-electron chi connectivity index (χ2n) is 12.2. The summed E-state index contributed by atoms with van der Waals surface area (Å²) < 4.78 is 24.6. The summed E-state index contributed by atoms with van der Waals surface area (Å²) in [6.45, 7) is 19.2. The minimum absolute atomic E-state index is 0.102. The van der Waals surface area contributed by atoms with E-state index in [0.717, 1.165) is 5.56 Å². The highest BCUT2D eigenvalue weighted by atomic mass is 28.4. The Morgan fingerprint density at radius 3 is 1.82 bits per heavy atom. The van der Waals surface area contributed by atoms with Crippen molar-refractivity contribution in [3.63, 3.8) is 0 Å². The van der Waals surface area contributed by atoms with Crippen LogP contribution in [0.3, 0.4) is 0 Å². The molecular weight excluding hydrogens is 522 g/mol. The molecule has 0 aliphatic rings. The highest BCUT2D eigenvalue weighted by Crippen LogP contribution is 2.42. The van der Waals surface area contributed by atoms with Crippen molar-refractivity contribution in [2.45, 2.75) is 103 Å². The Labute approximate surface area is 242 Å². The van der Waals surface area contributed by atoms with E-state index in [-0.39, 0.29) is 13.2 Å². The molecule has 0 spiro atoms. The second kappa shape index (κ2) is 15.4. The van der Waals surface area contributed by atoms with Crippen molar-refractivity contribution in [2.24, 2.45) is 0 Å². The number of esters is 1. The lowest BCUT2D eigenvalue weighted by atomic mass is 10.1. The Morgan fingerprint density at radius 2 is 1.32 bits per heavy atom. The molecule has 0 saturated carbocycles. The van der Waals surface area contributed by atoms with Gasteiger partial charge in [0.15, 0.2) is 8.32 Å². The predicted octanol–water partition coefficient (Wildman–Crippen LogP) is 7.51. The van der Waals surface area contributed by atoms with Crippen molar-refractivity contribution in [3.8, 4) is 0 Å². The Bertz CT molecular complexity index is 1010. The van der Waals surface area contributed by atoms with Crippen LogP contribution >= 0.6 is 0 Å². The van der Waals surface area contributed by atoms with Gasteiger partial charge < -0.3 is 24.0 Å². The molecule has 0 radical (unpaired) electrons. The lowest BCUT2D eigenvalue weighted by molar-refractivity contribution is -0.0361. The number of amides is 1. The molecule has 2 aromatic carbocycles. The maximum absolute atomic E-state index is 12.9. The maximum atomic E-state index is 12.9. The molecule has 222 valence electrons. The van der Waals surface area contributed by atoms with Crippen molar-refractivity contribution >= 4 is 20.4 Å². The van der Waals surface area contributed by atoms with E-state index in [1.54, 1.807) is 45.0 Å². The van der Waals surface area contributed by atoms with E-state index in [4.69, 9.17) is 18.6 Å². The van der Waals surface area contributed by atoms with Gasteiger partial charge in [-0.1, -0.05) is 90.1 Å². The molecule has 2 rings (SSSR count). The van der Waals surface area contributed by atoms with Gasteiger partial charge in [-0.2, -0.15) is 0 Å². The fourth-order valence-corrected chi connectivity index (χ4v) is 10.8. The highest BCUT2D eigenvalue weighted by molar-refractivity contribution is 6.77. The number of carbonyl (C=O) groups is 2. The zero-order valence-corrected chi connectivity index (χ0v) is 26.7. The van der Waals surface area contributed by atoms with E-state index in [1.807, 2.05) is 36.4 Å². The number of benzene rings is 2. The number of ether oxygens (including phenoxy) is 3. The number of hydrogen-bond donors (Lipinski definition) is 1. The van der Waals surface area contributed by atoms with Gasteiger partial charge in [0.2, 0.25) is 0 Å². The molecule has 0 unspecified atom stereocenters. The van der Waals surface area contributed by atoms with Crippen LogP contribution in [0.2, 0.25) is 16.6 Å². The van der Waals surface area contributed by atoms with Crippen LogP contribution in [0.25, 0.3) is 0 Å². The first kappa shape index (κ1) is 33.5. The normalized spacial score (nSPS) is 13.8. The maximum Gasteiger partial charge on any atom is 0.408 e. The largest absolute Gasteiger partial charge is 0.460 e. The lowest BCUT2D eigenvalue weighted by Crippen LogP contribution is -2.54. The Morgan fingerprint density at radius 1 is 0.800 bits per heavy atom. The van der Waals surface area contributed by atoms with Crippen LogP contribution in [0.1, 0.15) is 78.2 Å². The van der Waals surface area contributed by atoms with Gasteiger partial charge in [0.1, 0.15) is 18.3 Å². The summed E-state index contributed by atoms with van der Waals surface area (Å²) in [6.07, 6.45) is -1.21. The Kier molecular flexibility index (Phi) is 12.9. The monoisotopic (exact) mass is 571 g/mol. The minimum Gasteiger partial charge on any atom is -0.460 e. The van der Waals surface area contributed by atoms with Crippen LogP contribution in [-0.4, -0.2) is 51.3 Å². The summed E-state index contributed by atoms with van der Waals surface area (Å²) >= 11 is 0. The van der Waals surface area contributed by atoms with E-state index in [9.17, 15) is 9.59 Å². The third kappa shape index (κ3) is 10.1. The van der Waals surface area contributed by atoms with Crippen LogP contribution in [0.4, 0.5) is 4.79 Å². The zero-order chi connectivity index (χ0) is 29.9. The average Bonchev–Trinajstić information content (AvgIpc) is 2.88. The van der Waals surface area contributed by atoms with Crippen molar-refractivity contribution < 1.29 is 28.2 Å². The van der Waals surface area contributed by atoms with Gasteiger partial charge >= 0.3 is 12.1 Å². The van der Waals surface area contributed by atoms with Crippen LogP contribution in [0.15, 0.2) is 60.7 Å². The summed E-state index contributed by atoms with van der Waals surface area (Å²) in [4.78, 5) is 25.7. The first-order valence-electron chi connectivity index (χ1n) is 14.3. The molecule has 2 atom stereocenters. The number of nitrogens with one attached hydrogen (secondary N) is 1. The predicted molar refractivity (Wildman–Crippen MR) is 162 cm³/mol. The highest BCUT2D eigenvalue weighted by Gasteiger charge is 2.46. The molecule has 7 nitrogen and oxygen atoms in total. The van der Waals surface area contributed by atoms with Crippen LogP contribution < -0.4 is 5.32 Å². The Balaban J connectivity index is 2.37. The SMILES string of the molecule is CC(C)[Si](OC[C@@H](OCc1ccccc1)[C@H](COC(=O)c1ccccc1)NC(=O)OC(C)(C)C)(C(C)C)C(C)C. The third-order valence-electron chi connectivity index (χ3n) is 7.07. The molecule has 8 heteroatoms. The van der Waals surface area contributed by atoms with E-state index in [2.05, 4.69) is 46.9 Å². The summed E-state index contributed by atoms with van der Waals surface area (Å²) in [5.74, 6) is -0.477. The van der Waals surface area contributed by atoms with Crippen molar-refractivity contribution in [1.29, 1.82) is 0 Å². The fourth-order valence-electron chi connectivity index (χ4n) is 5.31. The molecule has 0 heterocycles. The van der Waals surface area contributed by atoms with Gasteiger partial charge in [0.25, 0.3) is 0 Å². The first-order chi connectivity index (χ1) is 18.8. The standard InChI is InChI=1S/C32H49NO6Si/c1-23(2)40(24(3)4,25(5)6)38-22-29(36-20-26-16-12-10-13-17-26)28(33-31(35)39-32(7,8)9)21-37-30(34)27-18-14-11-15-19-27/h10-19,23-25,28-29H,20-22H2,1-9H3,(H,33,35)/t28-,29+/m0/s1. The smallest absolute Gasteiger partial charge is 0.408 e. The molecule has 0 aliphatic carbocycles. The number of hydrogen-bond acceptors (Lipinski definition) is 6. The average molecular weight is 572 g/mol. The molecule has 0 fully saturated rings. The van der Waals surface area contributed by atoms with Gasteiger partial charge in [-0.15, -0.1) is 0 Å². The lowest BCUT2D eigenvalue weighted by Gasteiger charge is -2.43. The van der Waals surface area contributed by atoms with E-state index in [0.29, 0.717) is 28.8 Å². The molecule has 0 aromatic heterocycles. The van der Waals surface area contributed by atoms with Crippen molar-refractivity contribution in [2.75, 3.05) is 13.2 Å². The van der Waals surface area contributed by atoms with Gasteiger partial charge in [-0.05, 0) is 55.1 Å². The summed E-state index contributed by atoms with van der Waals surface area (Å²) in [5, 5.41) is 2.91. The van der Waals surface area contributed by atoms with Gasteiger partial charge in [0, 0.05) is 0 Å². The van der Waals surface area contributed by atoms with Gasteiger partial charge in [0.05, 0.1) is 24.8 Å². The molecule has 0 aliphatic heterocycles. The summed E-state index contributed by atoms with van der Waals surface area (Å²) in [7, 11) is -2.25. The second-order valence-corrected chi connectivity index (χ2v) is 17.6. The Hall–Kier alpha value is -2.68. The number of alkyl carbamates (subject to hydrolysis) is 1. The van der Waals surface area contributed by atoms with Crippen LogP contribution in [-0.2, 0) is 25.2 Å². The van der Waals surface area contributed by atoms with Crippen LogP contribution in [0, 0.1) is 0 Å². The molecule has 1 amide bonds. The van der Waals surface area contributed by atoms with Crippen molar-refractivity contribution in [1.82, 2.24) is 5.32 Å². The van der Waals surface area contributed by atoms with E-state index in [1.165, 1.54) is 0 Å². The fraction of sp³-hybridized carbons (Fsp3) is 0.562. The van der Waals surface area contributed by atoms with Crippen molar-refractivity contribution in [3.05, 3.63) is 71.8 Å². The summed E-state index contributed by atoms with van der Waals surface area (Å²) in [6, 6.07) is 17.9. The number of carbonyl (C=O) groups excluding carboxylic acids is 2. The first-order valence-corrected chi connectivity index (χ1v) is 16.4.